The van der Waals surface area contributed by atoms with Crippen LogP contribution >= 0.6 is 15.9 Å². The van der Waals surface area contributed by atoms with Crippen molar-refractivity contribution in [3.63, 3.8) is 0 Å². The van der Waals surface area contributed by atoms with Crippen molar-refractivity contribution in [2.45, 2.75) is 18.8 Å². The maximum absolute atomic E-state index is 12.1. The van der Waals surface area contributed by atoms with Crippen molar-refractivity contribution in [1.82, 2.24) is 4.57 Å². The number of halogens is 1. The molecule has 1 heterocycles. The van der Waals surface area contributed by atoms with Gasteiger partial charge in [0.05, 0.1) is 5.69 Å². The van der Waals surface area contributed by atoms with Crippen molar-refractivity contribution < 1.29 is 4.79 Å². The van der Waals surface area contributed by atoms with E-state index in [1.807, 2.05) is 19.1 Å². The molecule has 2 aromatic rings. The Balaban J connectivity index is 2.16. The number of aromatic nitrogens is 1. The van der Waals surface area contributed by atoms with E-state index in [1.165, 1.54) is 6.07 Å². The molecular weight excluding hydrogens is 320 g/mol. The third kappa shape index (κ3) is 3.36. The normalized spacial score (nSPS) is 10.3. The second-order valence-corrected chi connectivity index (χ2v) is 4.89. The predicted octanol–water partition coefficient (Wildman–Crippen LogP) is 3.02. The largest absolute Gasteiger partial charge is 0.321 e. The molecule has 0 aliphatic carbocycles. The van der Waals surface area contributed by atoms with Crippen molar-refractivity contribution in [2.24, 2.45) is 0 Å². The quantitative estimate of drug-likeness (QED) is 0.874. The van der Waals surface area contributed by atoms with Gasteiger partial charge in [0.2, 0.25) is 0 Å². The number of hydrogen-bond acceptors (Lipinski definition) is 2. The monoisotopic (exact) mass is 334 g/mol. The Kier molecular flexibility index (Phi) is 4.74. The van der Waals surface area contributed by atoms with Crippen molar-refractivity contribution >= 4 is 27.5 Å². The molecular formula is C15H15BrN2O2. The number of hydrogen-bond donors (Lipinski definition) is 1. The molecule has 0 saturated heterocycles. The molecule has 0 bridgehead atoms. The topological polar surface area (TPSA) is 51.1 Å². The number of rotatable bonds is 4. The first-order chi connectivity index (χ1) is 9.63. The zero-order chi connectivity index (χ0) is 14.5. The molecule has 5 heteroatoms. The minimum Gasteiger partial charge on any atom is -0.321 e. The summed E-state index contributed by atoms with van der Waals surface area (Å²) in [4.78, 5) is 23.6. The van der Waals surface area contributed by atoms with E-state index in [2.05, 4.69) is 21.2 Å². The molecule has 0 spiro atoms. The van der Waals surface area contributed by atoms with Crippen LogP contribution < -0.4 is 10.9 Å². The minimum absolute atomic E-state index is 0.0767. The molecule has 0 unspecified atom stereocenters. The summed E-state index contributed by atoms with van der Waals surface area (Å²) < 4.78 is 1.55. The fraction of sp³-hybridized carbons (Fsp3) is 0.200. The van der Waals surface area contributed by atoms with Crippen molar-refractivity contribution in [2.75, 3.05) is 5.32 Å². The van der Waals surface area contributed by atoms with Gasteiger partial charge in [-0.1, -0.05) is 28.1 Å². The summed E-state index contributed by atoms with van der Waals surface area (Å²) in [5, 5.41) is 3.55. The minimum atomic E-state index is -0.188. The highest BCUT2D eigenvalue weighted by molar-refractivity contribution is 9.08. The van der Waals surface area contributed by atoms with Crippen LogP contribution in [0, 0.1) is 0 Å². The van der Waals surface area contributed by atoms with Crippen molar-refractivity contribution in [3.05, 3.63) is 64.1 Å². The zero-order valence-electron chi connectivity index (χ0n) is 11.1. The van der Waals surface area contributed by atoms with Crippen LogP contribution in [0.5, 0.6) is 0 Å². The number of nitrogens with zero attached hydrogens (tertiary/aromatic N) is 1. The summed E-state index contributed by atoms with van der Waals surface area (Å²) in [5.41, 5.74) is 2.23. The van der Waals surface area contributed by atoms with Gasteiger partial charge in [0.1, 0.15) is 0 Å². The van der Waals surface area contributed by atoms with Crippen LogP contribution in [0.1, 0.15) is 22.8 Å². The SMILES string of the molecule is CCn1cc(NC(=O)c2ccc(CBr)cc2)ccc1=O. The highest BCUT2D eigenvalue weighted by atomic mass is 79.9. The molecule has 0 fully saturated rings. The first kappa shape index (κ1) is 14.5. The smallest absolute Gasteiger partial charge is 0.255 e. The average molecular weight is 335 g/mol. The van der Waals surface area contributed by atoms with Crippen LogP contribution in [0.25, 0.3) is 0 Å². The molecule has 1 aromatic heterocycles. The predicted molar refractivity (Wildman–Crippen MR) is 83.4 cm³/mol. The van der Waals surface area contributed by atoms with Gasteiger partial charge in [-0.05, 0) is 30.7 Å². The van der Waals surface area contributed by atoms with Crippen LogP contribution in [0.4, 0.5) is 5.69 Å². The van der Waals surface area contributed by atoms with Gasteiger partial charge >= 0.3 is 0 Å². The summed E-state index contributed by atoms with van der Waals surface area (Å²) in [7, 11) is 0. The molecule has 2 rings (SSSR count). The number of anilines is 1. The summed E-state index contributed by atoms with van der Waals surface area (Å²) >= 11 is 3.36. The number of alkyl halides is 1. The maximum Gasteiger partial charge on any atom is 0.255 e. The lowest BCUT2D eigenvalue weighted by Gasteiger charge is -2.08. The first-order valence-corrected chi connectivity index (χ1v) is 7.43. The van der Waals surface area contributed by atoms with E-state index in [9.17, 15) is 9.59 Å². The van der Waals surface area contributed by atoms with Crippen LogP contribution in [-0.2, 0) is 11.9 Å². The Morgan fingerprint density at radius 1 is 1.20 bits per heavy atom. The highest BCUT2D eigenvalue weighted by Gasteiger charge is 2.06. The van der Waals surface area contributed by atoms with E-state index in [1.54, 1.807) is 29.0 Å². The first-order valence-electron chi connectivity index (χ1n) is 6.30. The second-order valence-electron chi connectivity index (χ2n) is 4.33. The maximum atomic E-state index is 12.1. The number of carbonyl (C=O) groups excluding carboxylic acids is 1. The van der Waals surface area contributed by atoms with E-state index < -0.39 is 0 Å². The number of pyridine rings is 1. The standard InChI is InChI=1S/C15H15BrN2O2/c1-2-18-10-13(7-8-14(18)19)17-15(20)12-5-3-11(9-16)4-6-12/h3-8,10H,2,9H2,1H3,(H,17,20). The number of aryl methyl sites for hydroxylation is 1. The molecule has 0 atom stereocenters. The van der Waals surface area contributed by atoms with Gasteiger partial charge in [-0.15, -0.1) is 0 Å². The molecule has 1 N–H and O–H groups in total. The van der Waals surface area contributed by atoms with Gasteiger partial charge in [-0.25, -0.2) is 0 Å². The number of carbonyl (C=O) groups is 1. The van der Waals surface area contributed by atoms with Gasteiger partial charge in [0.15, 0.2) is 0 Å². The van der Waals surface area contributed by atoms with Crippen molar-refractivity contribution in [3.8, 4) is 0 Å². The Morgan fingerprint density at radius 3 is 2.50 bits per heavy atom. The summed E-state index contributed by atoms with van der Waals surface area (Å²) in [5.74, 6) is -0.188. The Hall–Kier alpha value is -1.88. The average Bonchev–Trinajstić information content (AvgIpc) is 2.49. The lowest BCUT2D eigenvalue weighted by Crippen LogP contribution is -2.19. The lowest BCUT2D eigenvalue weighted by molar-refractivity contribution is 0.102. The number of amides is 1. The van der Waals surface area contributed by atoms with E-state index in [0.29, 0.717) is 17.8 Å². The molecule has 104 valence electrons. The van der Waals surface area contributed by atoms with Gasteiger partial charge in [0.25, 0.3) is 11.5 Å². The fourth-order valence-electron chi connectivity index (χ4n) is 1.80. The van der Waals surface area contributed by atoms with Crippen LogP contribution in [0.3, 0.4) is 0 Å². The summed E-state index contributed by atoms with van der Waals surface area (Å²) in [6.45, 7) is 2.45. The third-order valence-corrected chi connectivity index (χ3v) is 3.60. The highest BCUT2D eigenvalue weighted by Crippen LogP contribution is 2.10. The third-order valence-electron chi connectivity index (χ3n) is 2.95. The van der Waals surface area contributed by atoms with Crippen molar-refractivity contribution in [1.29, 1.82) is 0 Å². The van der Waals surface area contributed by atoms with Gasteiger partial charge in [0, 0.05) is 29.7 Å². The Labute approximate surface area is 125 Å². The van der Waals surface area contributed by atoms with E-state index in [4.69, 9.17) is 0 Å². The van der Waals surface area contributed by atoms with Gasteiger partial charge in [-0.3, -0.25) is 9.59 Å². The molecule has 0 saturated carbocycles. The molecule has 0 aliphatic heterocycles. The van der Waals surface area contributed by atoms with E-state index >= 15 is 0 Å². The number of nitrogens with one attached hydrogen (secondary N) is 1. The van der Waals surface area contributed by atoms with Gasteiger partial charge in [-0.2, -0.15) is 0 Å². The van der Waals surface area contributed by atoms with Crippen LogP contribution in [0.2, 0.25) is 0 Å². The van der Waals surface area contributed by atoms with E-state index in [0.717, 1.165) is 10.9 Å². The molecule has 4 nitrogen and oxygen atoms in total. The fourth-order valence-corrected chi connectivity index (χ4v) is 2.17. The Bertz CT molecular complexity index is 662. The molecule has 1 aromatic carbocycles. The molecule has 0 radical (unpaired) electrons. The van der Waals surface area contributed by atoms with Gasteiger partial charge < -0.3 is 9.88 Å². The lowest BCUT2D eigenvalue weighted by atomic mass is 10.1. The second kappa shape index (κ2) is 6.52. The zero-order valence-corrected chi connectivity index (χ0v) is 12.7. The summed E-state index contributed by atoms with van der Waals surface area (Å²) in [6.07, 6.45) is 1.65. The van der Waals surface area contributed by atoms with E-state index in [-0.39, 0.29) is 11.5 Å². The molecule has 0 aliphatic rings. The van der Waals surface area contributed by atoms with Crippen LogP contribution in [0.15, 0.2) is 47.4 Å². The number of benzene rings is 1. The molecule has 20 heavy (non-hydrogen) atoms. The van der Waals surface area contributed by atoms with Crippen LogP contribution in [-0.4, -0.2) is 10.5 Å². The summed E-state index contributed by atoms with van der Waals surface area (Å²) in [6, 6.07) is 10.4. The Morgan fingerprint density at radius 2 is 1.90 bits per heavy atom. The molecule has 1 amide bonds.